The SMILES string of the molecule is CC(C)C[C@H](NCc1cn(C)nc1-c1ccccc1F)C(N)=O. The number of amides is 1. The summed E-state index contributed by atoms with van der Waals surface area (Å²) in [5, 5.41) is 7.51. The van der Waals surface area contributed by atoms with Crippen molar-refractivity contribution in [2.24, 2.45) is 18.7 Å². The highest BCUT2D eigenvalue weighted by atomic mass is 19.1. The van der Waals surface area contributed by atoms with E-state index in [1.807, 2.05) is 20.0 Å². The van der Waals surface area contributed by atoms with Crippen molar-refractivity contribution in [1.82, 2.24) is 15.1 Å². The molecule has 1 aromatic heterocycles. The molecule has 0 aliphatic heterocycles. The number of aromatic nitrogens is 2. The second-order valence-corrected chi connectivity index (χ2v) is 6.12. The third-order valence-corrected chi connectivity index (χ3v) is 3.62. The van der Waals surface area contributed by atoms with Gasteiger partial charge in [0.05, 0.1) is 11.7 Å². The first-order chi connectivity index (χ1) is 10.9. The minimum absolute atomic E-state index is 0.318. The van der Waals surface area contributed by atoms with Crippen LogP contribution in [0.5, 0.6) is 0 Å². The molecule has 0 aliphatic carbocycles. The lowest BCUT2D eigenvalue weighted by atomic mass is 10.0. The Morgan fingerprint density at radius 2 is 2.09 bits per heavy atom. The van der Waals surface area contributed by atoms with Gasteiger partial charge in [0, 0.05) is 30.9 Å². The van der Waals surface area contributed by atoms with E-state index in [1.54, 1.807) is 29.9 Å². The summed E-state index contributed by atoms with van der Waals surface area (Å²) in [6.07, 6.45) is 2.48. The van der Waals surface area contributed by atoms with Crippen molar-refractivity contribution in [3.8, 4) is 11.3 Å². The molecule has 0 spiro atoms. The Kier molecular flexibility index (Phi) is 5.50. The molecule has 2 aromatic rings. The van der Waals surface area contributed by atoms with Gasteiger partial charge in [-0.2, -0.15) is 5.10 Å². The monoisotopic (exact) mass is 318 g/mol. The highest BCUT2D eigenvalue weighted by molar-refractivity contribution is 5.79. The molecular weight excluding hydrogens is 295 g/mol. The van der Waals surface area contributed by atoms with Gasteiger partial charge in [-0.05, 0) is 24.5 Å². The van der Waals surface area contributed by atoms with Gasteiger partial charge in [0.15, 0.2) is 0 Å². The van der Waals surface area contributed by atoms with Gasteiger partial charge in [-0.25, -0.2) is 4.39 Å². The zero-order valence-electron chi connectivity index (χ0n) is 13.7. The molecule has 1 aromatic carbocycles. The summed E-state index contributed by atoms with van der Waals surface area (Å²) in [5.41, 5.74) is 7.30. The third-order valence-electron chi connectivity index (χ3n) is 3.62. The molecule has 124 valence electrons. The van der Waals surface area contributed by atoms with Gasteiger partial charge in [-0.1, -0.05) is 26.0 Å². The lowest BCUT2D eigenvalue weighted by Gasteiger charge is -2.17. The number of nitrogens with zero attached hydrogens (tertiary/aromatic N) is 2. The number of nitrogens with two attached hydrogens (primary N) is 1. The van der Waals surface area contributed by atoms with Crippen LogP contribution in [0.1, 0.15) is 25.8 Å². The quantitative estimate of drug-likeness (QED) is 0.822. The van der Waals surface area contributed by atoms with Crippen LogP contribution >= 0.6 is 0 Å². The minimum atomic E-state index is -0.413. The van der Waals surface area contributed by atoms with Crippen LogP contribution in [-0.4, -0.2) is 21.7 Å². The zero-order valence-corrected chi connectivity index (χ0v) is 13.7. The average molecular weight is 318 g/mol. The van der Waals surface area contributed by atoms with Crippen LogP contribution in [-0.2, 0) is 18.4 Å². The molecular formula is C17H23FN4O. The minimum Gasteiger partial charge on any atom is -0.368 e. The van der Waals surface area contributed by atoms with Crippen LogP contribution in [0.4, 0.5) is 4.39 Å². The van der Waals surface area contributed by atoms with Crippen molar-refractivity contribution < 1.29 is 9.18 Å². The number of benzene rings is 1. The Bertz CT molecular complexity index is 681. The van der Waals surface area contributed by atoms with Gasteiger partial charge in [0.25, 0.3) is 0 Å². The highest BCUT2D eigenvalue weighted by Gasteiger charge is 2.19. The Balaban J connectivity index is 2.21. The predicted molar refractivity (Wildman–Crippen MR) is 87.9 cm³/mol. The molecule has 0 saturated carbocycles. The molecule has 23 heavy (non-hydrogen) atoms. The Morgan fingerprint density at radius 1 is 1.39 bits per heavy atom. The maximum Gasteiger partial charge on any atom is 0.234 e. The lowest BCUT2D eigenvalue weighted by Crippen LogP contribution is -2.41. The van der Waals surface area contributed by atoms with E-state index in [1.165, 1.54) is 6.07 Å². The molecule has 5 nitrogen and oxygen atoms in total. The zero-order chi connectivity index (χ0) is 17.0. The molecule has 1 amide bonds. The number of primary amides is 1. The summed E-state index contributed by atoms with van der Waals surface area (Å²) in [7, 11) is 1.79. The first kappa shape index (κ1) is 17.1. The van der Waals surface area contributed by atoms with E-state index in [2.05, 4.69) is 10.4 Å². The summed E-state index contributed by atoms with van der Waals surface area (Å²) in [4.78, 5) is 11.5. The number of hydrogen-bond acceptors (Lipinski definition) is 3. The summed E-state index contributed by atoms with van der Waals surface area (Å²) in [6, 6.07) is 6.11. The smallest absolute Gasteiger partial charge is 0.234 e. The normalized spacial score (nSPS) is 12.6. The van der Waals surface area contributed by atoms with E-state index < -0.39 is 6.04 Å². The van der Waals surface area contributed by atoms with Crippen LogP contribution in [0.15, 0.2) is 30.5 Å². The van der Waals surface area contributed by atoms with Gasteiger partial charge in [0.1, 0.15) is 5.82 Å². The topological polar surface area (TPSA) is 72.9 Å². The second-order valence-electron chi connectivity index (χ2n) is 6.12. The number of carbonyl (C=O) groups is 1. The molecule has 6 heteroatoms. The average Bonchev–Trinajstić information content (AvgIpc) is 2.84. The van der Waals surface area contributed by atoms with Crippen molar-refractivity contribution in [3.05, 3.63) is 41.8 Å². The molecule has 3 N–H and O–H groups in total. The number of rotatable bonds is 7. The summed E-state index contributed by atoms with van der Waals surface area (Å²) in [5.74, 6) is -0.351. The van der Waals surface area contributed by atoms with Crippen molar-refractivity contribution >= 4 is 5.91 Å². The molecule has 1 atom stereocenters. The standard InChI is InChI=1S/C17H23FN4O/c1-11(2)8-15(17(19)23)20-9-12-10-22(3)21-16(12)13-6-4-5-7-14(13)18/h4-7,10-11,15,20H,8-9H2,1-3H3,(H2,19,23)/t15-/m0/s1. The van der Waals surface area contributed by atoms with Gasteiger partial charge in [-0.3, -0.25) is 9.48 Å². The Morgan fingerprint density at radius 3 is 2.70 bits per heavy atom. The molecule has 0 unspecified atom stereocenters. The largest absolute Gasteiger partial charge is 0.368 e. The molecule has 2 rings (SSSR count). The fourth-order valence-electron chi connectivity index (χ4n) is 2.55. The third kappa shape index (κ3) is 4.39. The summed E-state index contributed by atoms with van der Waals surface area (Å²) >= 11 is 0. The van der Waals surface area contributed by atoms with E-state index in [4.69, 9.17) is 5.73 Å². The van der Waals surface area contributed by atoms with E-state index in [9.17, 15) is 9.18 Å². The molecule has 1 heterocycles. The van der Waals surface area contributed by atoms with Crippen molar-refractivity contribution in [3.63, 3.8) is 0 Å². The van der Waals surface area contributed by atoms with Crippen LogP contribution in [0.2, 0.25) is 0 Å². The summed E-state index contributed by atoms with van der Waals surface area (Å²) < 4.78 is 15.7. The second kappa shape index (κ2) is 7.37. The molecule has 0 bridgehead atoms. The highest BCUT2D eigenvalue weighted by Crippen LogP contribution is 2.24. The van der Waals surface area contributed by atoms with Crippen molar-refractivity contribution in [1.29, 1.82) is 0 Å². The summed E-state index contributed by atoms with van der Waals surface area (Å²) in [6.45, 7) is 4.47. The van der Waals surface area contributed by atoms with Crippen molar-refractivity contribution in [2.75, 3.05) is 0 Å². The van der Waals surface area contributed by atoms with Gasteiger partial charge in [-0.15, -0.1) is 0 Å². The van der Waals surface area contributed by atoms with Gasteiger partial charge in [0.2, 0.25) is 5.91 Å². The fraction of sp³-hybridized carbons (Fsp3) is 0.412. The maximum absolute atomic E-state index is 14.0. The van der Waals surface area contributed by atoms with E-state index in [-0.39, 0.29) is 11.7 Å². The van der Waals surface area contributed by atoms with E-state index in [0.717, 1.165) is 5.56 Å². The molecule has 0 fully saturated rings. The number of aryl methyl sites for hydroxylation is 1. The fourth-order valence-corrected chi connectivity index (χ4v) is 2.55. The molecule has 0 radical (unpaired) electrons. The van der Waals surface area contributed by atoms with E-state index in [0.29, 0.717) is 30.1 Å². The first-order valence-electron chi connectivity index (χ1n) is 7.68. The Hall–Kier alpha value is -2.21. The van der Waals surface area contributed by atoms with Crippen LogP contribution in [0.3, 0.4) is 0 Å². The van der Waals surface area contributed by atoms with Gasteiger partial charge >= 0.3 is 0 Å². The van der Waals surface area contributed by atoms with E-state index >= 15 is 0 Å². The number of carbonyl (C=O) groups excluding carboxylic acids is 1. The van der Waals surface area contributed by atoms with Gasteiger partial charge < -0.3 is 11.1 Å². The number of nitrogens with one attached hydrogen (secondary N) is 1. The lowest BCUT2D eigenvalue weighted by molar-refractivity contribution is -0.120. The predicted octanol–water partition coefficient (Wildman–Crippen LogP) is 2.22. The Labute approximate surface area is 135 Å². The number of hydrogen-bond donors (Lipinski definition) is 2. The molecule has 0 aliphatic rings. The maximum atomic E-state index is 14.0. The van der Waals surface area contributed by atoms with Crippen LogP contribution < -0.4 is 11.1 Å². The van der Waals surface area contributed by atoms with Crippen molar-refractivity contribution in [2.45, 2.75) is 32.9 Å². The first-order valence-corrected chi connectivity index (χ1v) is 7.68. The van der Waals surface area contributed by atoms with Crippen LogP contribution in [0.25, 0.3) is 11.3 Å². The molecule has 0 saturated heterocycles. The number of halogens is 1. The van der Waals surface area contributed by atoms with Crippen LogP contribution in [0, 0.1) is 11.7 Å².